The van der Waals surface area contributed by atoms with Crippen LogP contribution in [0.4, 0.5) is 0 Å². The molecule has 0 aromatic rings. The van der Waals surface area contributed by atoms with Crippen molar-refractivity contribution in [2.45, 2.75) is 33.3 Å². The van der Waals surface area contributed by atoms with Crippen LogP contribution in [0.25, 0.3) is 0 Å². The Morgan fingerprint density at radius 3 is 2.08 bits per heavy atom. The van der Waals surface area contributed by atoms with Crippen LogP contribution < -0.4 is 0 Å². The van der Waals surface area contributed by atoms with Gasteiger partial charge < -0.3 is 18.9 Å². The number of hydrogen-bond acceptors (Lipinski definition) is 6. The van der Waals surface area contributed by atoms with E-state index >= 15 is 0 Å². The van der Waals surface area contributed by atoms with Gasteiger partial charge in [-0.1, -0.05) is 20.8 Å². The molecule has 0 amide bonds. The van der Waals surface area contributed by atoms with Gasteiger partial charge in [0, 0.05) is 39.3 Å². The van der Waals surface area contributed by atoms with Gasteiger partial charge in [-0.3, -0.25) is 9.80 Å². The highest BCUT2D eigenvalue weighted by atomic mass is 16.5. The van der Waals surface area contributed by atoms with Crippen LogP contribution in [0.2, 0.25) is 0 Å². The van der Waals surface area contributed by atoms with Crippen molar-refractivity contribution in [3.63, 3.8) is 0 Å². The zero-order valence-corrected chi connectivity index (χ0v) is 17.2. The molecule has 0 N–H and O–H groups in total. The van der Waals surface area contributed by atoms with Gasteiger partial charge in [0.25, 0.3) is 0 Å². The summed E-state index contributed by atoms with van der Waals surface area (Å²) in [5.41, 5.74) is 0. The second-order valence-electron chi connectivity index (χ2n) is 7.99. The van der Waals surface area contributed by atoms with E-state index in [4.69, 9.17) is 18.9 Å². The standard InChI is InChI=1S/C20H40N2O4/c1-18(2)20(16-22-8-12-24-13-9-22)26-15-14-25-17-19(3)4-5-21-6-10-23-11-7-21/h18-20H,4-17H2,1-3H3. The highest BCUT2D eigenvalue weighted by Crippen LogP contribution is 2.11. The Kier molecular flexibility index (Phi) is 11.0. The van der Waals surface area contributed by atoms with Crippen LogP contribution >= 0.6 is 0 Å². The van der Waals surface area contributed by atoms with Crippen molar-refractivity contribution in [3.05, 3.63) is 0 Å². The Labute approximate surface area is 160 Å². The molecule has 2 heterocycles. The lowest BCUT2D eigenvalue weighted by Crippen LogP contribution is -2.43. The Morgan fingerprint density at radius 1 is 0.846 bits per heavy atom. The fourth-order valence-corrected chi connectivity index (χ4v) is 3.35. The monoisotopic (exact) mass is 372 g/mol. The molecule has 2 saturated heterocycles. The van der Waals surface area contributed by atoms with Crippen molar-refractivity contribution in [3.8, 4) is 0 Å². The third-order valence-electron chi connectivity index (χ3n) is 5.29. The molecule has 2 aliphatic heterocycles. The fourth-order valence-electron chi connectivity index (χ4n) is 3.35. The predicted octanol–water partition coefficient (Wildman–Crippen LogP) is 1.73. The maximum atomic E-state index is 6.11. The van der Waals surface area contributed by atoms with E-state index in [0.717, 1.165) is 72.3 Å². The minimum atomic E-state index is 0.274. The molecule has 2 aliphatic rings. The molecule has 0 saturated carbocycles. The lowest BCUT2D eigenvalue weighted by atomic mass is 10.1. The van der Waals surface area contributed by atoms with Gasteiger partial charge in [-0.25, -0.2) is 0 Å². The molecule has 2 fully saturated rings. The summed E-state index contributed by atoms with van der Waals surface area (Å²) in [5.74, 6) is 1.11. The average molecular weight is 373 g/mol. The van der Waals surface area contributed by atoms with E-state index in [0.29, 0.717) is 25.0 Å². The molecule has 2 rings (SSSR count). The normalized spacial score (nSPS) is 22.6. The number of rotatable bonds is 12. The highest BCUT2D eigenvalue weighted by molar-refractivity contribution is 4.71. The maximum Gasteiger partial charge on any atom is 0.0726 e. The molecule has 26 heavy (non-hydrogen) atoms. The number of nitrogens with zero attached hydrogens (tertiary/aromatic N) is 2. The Hall–Kier alpha value is -0.240. The van der Waals surface area contributed by atoms with Gasteiger partial charge in [-0.05, 0) is 24.8 Å². The van der Waals surface area contributed by atoms with Crippen molar-refractivity contribution >= 4 is 0 Å². The van der Waals surface area contributed by atoms with Gasteiger partial charge >= 0.3 is 0 Å². The Morgan fingerprint density at radius 2 is 1.46 bits per heavy atom. The van der Waals surface area contributed by atoms with Crippen LogP contribution in [-0.2, 0) is 18.9 Å². The molecule has 6 heteroatoms. The zero-order chi connectivity index (χ0) is 18.6. The second-order valence-corrected chi connectivity index (χ2v) is 7.99. The molecule has 2 atom stereocenters. The molecule has 0 radical (unpaired) electrons. The van der Waals surface area contributed by atoms with E-state index in [2.05, 4.69) is 30.6 Å². The number of morpholine rings is 2. The molecule has 0 aromatic carbocycles. The van der Waals surface area contributed by atoms with E-state index < -0.39 is 0 Å². The summed E-state index contributed by atoms with van der Waals surface area (Å²) in [6.45, 7) is 18.7. The molecule has 0 aliphatic carbocycles. The zero-order valence-electron chi connectivity index (χ0n) is 17.2. The van der Waals surface area contributed by atoms with Gasteiger partial charge in [0.1, 0.15) is 0 Å². The average Bonchev–Trinajstić information content (AvgIpc) is 2.66. The number of hydrogen-bond donors (Lipinski definition) is 0. The van der Waals surface area contributed by atoms with Crippen molar-refractivity contribution in [2.24, 2.45) is 11.8 Å². The van der Waals surface area contributed by atoms with Crippen LogP contribution in [-0.4, -0.2) is 101 Å². The Balaban J connectivity index is 1.50. The van der Waals surface area contributed by atoms with Gasteiger partial charge in [-0.15, -0.1) is 0 Å². The molecule has 2 unspecified atom stereocenters. The molecular formula is C20H40N2O4. The fraction of sp³-hybridized carbons (Fsp3) is 1.00. The smallest absolute Gasteiger partial charge is 0.0726 e. The third kappa shape index (κ3) is 9.11. The third-order valence-corrected chi connectivity index (χ3v) is 5.29. The summed E-state index contributed by atoms with van der Waals surface area (Å²) in [5, 5.41) is 0. The molecular weight excluding hydrogens is 332 g/mol. The van der Waals surface area contributed by atoms with Crippen LogP contribution in [0.1, 0.15) is 27.2 Å². The van der Waals surface area contributed by atoms with Crippen LogP contribution in [0.5, 0.6) is 0 Å². The first-order valence-corrected chi connectivity index (χ1v) is 10.4. The van der Waals surface area contributed by atoms with Gasteiger partial charge in [0.2, 0.25) is 0 Å². The topological polar surface area (TPSA) is 43.4 Å². The first kappa shape index (κ1) is 22.1. The van der Waals surface area contributed by atoms with Crippen molar-refractivity contribution in [1.82, 2.24) is 9.80 Å². The van der Waals surface area contributed by atoms with Crippen LogP contribution in [0.3, 0.4) is 0 Å². The largest absolute Gasteiger partial charge is 0.379 e. The lowest BCUT2D eigenvalue weighted by Gasteiger charge is -2.32. The molecule has 0 aromatic heterocycles. The van der Waals surface area contributed by atoms with E-state index in [1.807, 2.05) is 0 Å². The molecule has 0 spiro atoms. The SMILES string of the molecule is CC(CCN1CCOCC1)COCCOC(CN1CCOCC1)C(C)C. The summed E-state index contributed by atoms with van der Waals surface area (Å²) in [6.07, 6.45) is 1.46. The second kappa shape index (κ2) is 13.0. The van der Waals surface area contributed by atoms with E-state index in [1.54, 1.807) is 0 Å². The summed E-state index contributed by atoms with van der Waals surface area (Å²) in [6, 6.07) is 0. The van der Waals surface area contributed by atoms with E-state index in [-0.39, 0.29) is 6.10 Å². The quantitative estimate of drug-likeness (QED) is 0.486. The van der Waals surface area contributed by atoms with E-state index in [9.17, 15) is 0 Å². The minimum absolute atomic E-state index is 0.274. The van der Waals surface area contributed by atoms with Crippen molar-refractivity contribution in [2.75, 3.05) is 85.5 Å². The summed E-state index contributed by atoms with van der Waals surface area (Å²) >= 11 is 0. The molecule has 6 nitrogen and oxygen atoms in total. The summed E-state index contributed by atoms with van der Waals surface area (Å²) < 4.78 is 22.8. The van der Waals surface area contributed by atoms with Crippen molar-refractivity contribution < 1.29 is 18.9 Å². The minimum Gasteiger partial charge on any atom is -0.379 e. The highest BCUT2D eigenvalue weighted by Gasteiger charge is 2.20. The first-order chi connectivity index (χ1) is 12.6. The summed E-state index contributed by atoms with van der Waals surface area (Å²) in [4.78, 5) is 4.94. The van der Waals surface area contributed by atoms with Gasteiger partial charge in [-0.2, -0.15) is 0 Å². The van der Waals surface area contributed by atoms with Crippen LogP contribution in [0.15, 0.2) is 0 Å². The van der Waals surface area contributed by atoms with Gasteiger partial charge in [0.15, 0.2) is 0 Å². The van der Waals surface area contributed by atoms with Gasteiger partial charge in [0.05, 0.1) is 45.7 Å². The van der Waals surface area contributed by atoms with E-state index in [1.165, 1.54) is 6.42 Å². The van der Waals surface area contributed by atoms with Crippen molar-refractivity contribution in [1.29, 1.82) is 0 Å². The predicted molar refractivity (Wildman–Crippen MR) is 104 cm³/mol. The summed E-state index contributed by atoms with van der Waals surface area (Å²) in [7, 11) is 0. The number of ether oxygens (including phenoxy) is 4. The van der Waals surface area contributed by atoms with Crippen LogP contribution in [0, 0.1) is 11.8 Å². The first-order valence-electron chi connectivity index (χ1n) is 10.4. The molecule has 154 valence electrons. The lowest BCUT2D eigenvalue weighted by molar-refractivity contribution is -0.0487. The maximum absolute atomic E-state index is 6.11. The Bertz CT molecular complexity index is 345. The molecule has 0 bridgehead atoms.